The van der Waals surface area contributed by atoms with Crippen LogP contribution in [-0.2, 0) is 10.0 Å². The van der Waals surface area contributed by atoms with Gasteiger partial charge in [0.1, 0.15) is 5.75 Å². The van der Waals surface area contributed by atoms with Crippen molar-refractivity contribution in [1.29, 1.82) is 0 Å². The van der Waals surface area contributed by atoms with Gasteiger partial charge in [-0.1, -0.05) is 18.2 Å². The Bertz CT molecular complexity index is 831. The van der Waals surface area contributed by atoms with E-state index in [1.165, 1.54) is 4.31 Å². The van der Waals surface area contributed by atoms with Crippen molar-refractivity contribution < 1.29 is 18.3 Å². The van der Waals surface area contributed by atoms with Gasteiger partial charge in [0.2, 0.25) is 0 Å². The highest BCUT2D eigenvalue weighted by molar-refractivity contribution is 7.92. The summed E-state index contributed by atoms with van der Waals surface area (Å²) in [5.41, 5.74) is 2.08. The number of aryl methyl sites for hydroxylation is 1. The van der Waals surface area contributed by atoms with Crippen LogP contribution in [-0.4, -0.2) is 26.7 Å². The highest BCUT2D eigenvalue weighted by atomic mass is 32.2. The van der Waals surface area contributed by atoms with Crippen molar-refractivity contribution >= 4 is 15.7 Å². The highest BCUT2D eigenvalue weighted by Crippen LogP contribution is 2.39. The van der Waals surface area contributed by atoms with Crippen molar-refractivity contribution in [2.45, 2.75) is 31.3 Å². The topological polar surface area (TPSA) is 66.8 Å². The molecule has 0 aliphatic carbocycles. The summed E-state index contributed by atoms with van der Waals surface area (Å²) < 4.78 is 32.9. The molecular formula is C18H21NO4S. The van der Waals surface area contributed by atoms with Crippen molar-refractivity contribution in [2.24, 2.45) is 0 Å². The second kappa shape index (κ2) is 6.45. The fourth-order valence-corrected chi connectivity index (χ4v) is 4.61. The first kappa shape index (κ1) is 16.8. The van der Waals surface area contributed by atoms with Crippen LogP contribution in [0.3, 0.4) is 0 Å². The first-order chi connectivity index (χ1) is 11.4. The minimum absolute atomic E-state index is 0.219. The van der Waals surface area contributed by atoms with Crippen LogP contribution in [0.4, 0.5) is 5.69 Å². The van der Waals surface area contributed by atoms with Crippen molar-refractivity contribution in [2.75, 3.05) is 17.5 Å². The highest BCUT2D eigenvalue weighted by Gasteiger charge is 2.33. The number of hydrogen-bond donors (Lipinski definition) is 1. The fraction of sp³-hybridized carbons (Fsp3) is 0.333. The first-order valence-electron chi connectivity index (χ1n) is 7.98. The van der Waals surface area contributed by atoms with Crippen molar-refractivity contribution in [3.8, 4) is 5.75 Å². The quantitative estimate of drug-likeness (QED) is 0.923. The van der Waals surface area contributed by atoms with Crippen LogP contribution in [0.15, 0.2) is 47.4 Å². The molecule has 1 unspecified atom stereocenters. The van der Waals surface area contributed by atoms with E-state index in [-0.39, 0.29) is 11.4 Å². The van der Waals surface area contributed by atoms with Gasteiger partial charge in [-0.2, -0.15) is 0 Å². The molecule has 2 aromatic carbocycles. The van der Waals surface area contributed by atoms with Gasteiger partial charge in [-0.15, -0.1) is 0 Å². The van der Waals surface area contributed by atoms with Gasteiger partial charge in [-0.05, 0) is 50.1 Å². The molecule has 1 heterocycles. The summed E-state index contributed by atoms with van der Waals surface area (Å²) >= 11 is 0. The van der Waals surface area contributed by atoms with Crippen molar-refractivity contribution in [3.05, 3.63) is 53.6 Å². The van der Waals surface area contributed by atoms with Crippen LogP contribution in [0.2, 0.25) is 0 Å². The molecule has 3 rings (SSSR count). The molecule has 24 heavy (non-hydrogen) atoms. The Morgan fingerprint density at radius 3 is 2.58 bits per heavy atom. The third-order valence-corrected chi connectivity index (χ3v) is 6.02. The van der Waals surface area contributed by atoms with Gasteiger partial charge in [0.15, 0.2) is 0 Å². The van der Waals surface area contributed by atoms with Gasteiger partial charge in [-0.3, -0.25) is 4.31 Å². The Labute approximate surface area is 142 Å². The Morgan fingerprint density at radius 1 is 1.21 bits per heavy atom. The zero-order chi connectivity index (χ0) is 17.3. The van der Waals surface area contributed by atoms with E-state index in [0.29, 0.717) is 30.0 Å². The molecule has 0 bridgehead atoms. The molecule has 1 N–H and O–H groups in total. The molecule has 128 valence electrons. The predicted octanol–water partition coefficient (Wildman–Crippen LogP) is 3.03. The summed E-state index contributed by atoms with van der Waals surface area (Å²) in [5.74, 6) is 0.641. The van der Waals surface area contributed by atoms with E-state index in [1.807, 2.05) is 26.0 Å². The lowest BCUT2D eigenvalue weighted by Gasteiger charge is -2.34. The average molecular weight is 347 g/mol. The molecule has 0 fully saturated rings. The third-order valence-electron chi connectivity index (χ3n) is 4.21. The number of benzene rings is 2. The maximum Gasteiger partial charge on any atom is 0.264 e. The van der Waals surface area contributed by atoms with E-state index in [4.69, 9.17) is 4.74 Å². The normalized spacial score (nSPS) is 17.5. The summed E-state index contributed by atoms with van der Waals surface area (Å²) in [4.78, 5) is 0.219. The standard InChI is InChI=1S/C18H21NO4S/c1-3-23-14-7-9-15(10-8-14)24(21,22)19-12-11-17(20)16-6-4-5-13(2)18(16)19/h4-10,17,20H,3,11-12H2,1-2H3. The van der Waals surface area contributed by atoms with Gasteiger partial charge in [0, 0.05) is 12.1 Å². The molecule has 0 aromatic heterocycles. The number of hydrogen-bond acceptors (Lipinski definition) is 4. The fourth-order valence-electron chi connectivity index (χ4n) is 3.04. The number of sulfonamides is 1. The van der Waals surface area contributed by atoms with Crippen LogP contribution in [0.25, 0.3) is 0 Å². The lowest BCUT2D eigenvalue weighted by Crippen LogP contribution is -2.37. The zero-order valence-corrected chi connectivity index (χ0v) is 14.6. The van der Waals surface area contributed by atoms with E-state index < -0.39 is 16.1 Å². The largest absolute Gasteiger partial charge is 0.494 e. The van der Waals surface area contributed by atoms with E-state index in [0.717, 1.165) is 5.56 Å². The van der Waals surface area contributed by atoms with Gasteiger partial charge < -0.3 is 9.84 Å². The monoisotopic (exact) mass is 347 g/mol. The molecular weight excluding hydrogens is 326 g/mol. The molecule has 0 spiro atoms. The summed E-state index contributed by atoms with van der Waals surface area (Å²) in [5, 5.41) is 10.2. The Hall–Kier alpha value is -2.05. The second-order valence-corrected chi connectivity index (χ2v) is 7.66. The smallest absolute Gasteiger partial charge is 0.264 e. The Balaban J connectivity index is 2.04. The van der Waals surface area contributed by atoms with E-state index >= 15 is 0 Å². The van der Waals surface area contributed by atoms with Crippen LogP contribution >= 0.6 is 0 Å². The molecule has 0 saturated heterocycles. The molecule has 5 nitrogen and oxygen atoms in total. The number of anilines is 1. The summed E-state index contributed by atoms with van der Waals surface area (Å²) in [7, 11) is -3.69. The molecule has 1 atom stereocenters. The van der Waals surface area contributed by atoms with Crippen LogP contribution < -0.4 is 9.04 Å². The van der Waals surface area contributed by atoms with Crippen molar-refractivity contribution in [3.63, 3.8) is 0 Å². The summed E-state index contributed by atoms with van der Waals surface area (Å²) in [6.07, 6.45) is -0.251. The second-order valence-electron chi connectivity index (χ2n) is 5.80. The van der Waals surface area contributed by atoms with E-state index in [2.05, 4.69) is 0 Å². The molecule has 6 heteroatoms. The minimum Gasteiger partial charge on any atom is -0.494 e. The van der Waals surface area contributed by atoms with Crippen molar-refractivity contribution in [1.82, 2.24) is 0 Å². The third kappa shape index (κ3) is 2.87. The SMILES string of the molecule is CCOc1ccc(S(=O)(=O)N2CCC(O)c3cccc(C)c32)cc1. The zero-order valence-electron chi connectivity index (χ0n) is 13.8. The van der Waals surface area contributed by atoms with Crippen LogP contribution in [0.1, 0.15) is 30.6 Å². The molecule has 1 aliphatic rings. The Morgan fingerprint density at radius 2 is 1.92 bits per heavy atom. The average Bonchev–Trinajstić information content (AvgIpc) is 2.56. The molecule has 0 saturated carbocycles. The lowest BCUT2D eigenvalue weighted by molar-refractivity contribution is 0.166. The summed E-state index contributed by atoms with van der Waals surface area (Å²) in [6.45, 7) is 4.53. The van der Waals surface area contributed by atoms with Gasteiger partial charge >= 0.3 is 0 Å². The number of aliphatic hydroxyl groups excluding tert-OH is 1. The number of nitrogens with zero attached hydrogens (tertiary/aromatic N) is 1. The molecule has 1 aliphatic heterocycles. The van der Waals surface area contributed by atoms with Crippen LogP contribution in [0.5, 0.6) is 5.75 Å². The number of aliphatic hydroxyl groups is 1. The number of fused-ring (bicyclic) bond motifs is 1. The molecule has 0 radical (unpaired) electrons. The van der Waals surface area contributed by atoms with Crippen LogP contribution in [0, 0.1) is 6.92 Å². The van der Waals surface area contributed by atoms with Gasteiger partial charge in [0.25, 0.3) is 10.0 Å². The molecule has 2 aromatic rings. The number of rotatable bonds is 4. The predicted molar refractivity (Wildman–Crippen MR) is 92.9 cm³/mol. The maximum absolute atomic E-state index is 13.1. The van der Waals surface area contributed by atoms with Gasteiger partial charge in [-0.25, -0.2) is 8.42 Å². The maximum atomic E-state index is 13.1. The number of para-hydroxylation sites is 1. The summed E-state index contributed by atoms with van der Waals surface area (Å²) in [6, 6.07) is 11.9. The Kier molecular flexibility index (Phi) is 4.51. The van der Waals surface area contributed by atoms with Gasteiger partial charge in [0.05, 0.1) is 23.3 Å². The lowest BCUT2D eigenvalue weighted by atomic mass is 9.98. The van der Waals surface area contributed by atoms with E-state index in [9.17, 15) is 13.5 Å². The van der Waals surface area contributed by atoms with E-state index in [1.54, 1.807) is 30.3 Å². The first-order valence-corrected chi connectivity index (χ1v) is 9.42. The minimum atomic E-state index is -3.69. The number of ether oxygens (including phenoxy) is 1. The molecule has 0 amide bonds.